The number of ether oxygens (including phenoxy) is 1. The molecule has 1 aromatic carbocycles. The molecule has 2 aliphatic rings. The fourth-order valence-corrected chi connectivity index (χ4v) is 5.84. The topological polar surface area (TPSA) is 95.4 Å². The molecule has 0 amide bonds. The minimum absolute atomic E-state index is 0.174. The van der Waals surface area contributed by atoms with Crippen molar-refractivity contribution in [3.8, 4) is 11.8 Å². The largest absolute Gasteiger partial charge is 0.489 e. The van der Waals surface area contributed by atoms with Crippen LogP contribution in [0.2, 0.25) is 5.02 Å². The Morgan fingerprint density at radius 3 is 2.56 bits per heavy atom. The van der Waals surface area contributed by atoms with Crippen LogP contribution in [0, 0.1) is 11.3 Å². The third-order valence-corrected chi connectivity index (χ3v) is 8.59. The van der Waals surface area contributed by atoms with Crippen molar-refractivity contribution in [3.63, 3.8) is 0 Å². The van der Waals surface area contributed by atoms with Crippen LogP contribution in [0.4, 0.5) is 5.82 Å². The summed E-state index contributed by atoms with van der Waals surface area (Å²) in [5.41, 5.74) is 1.96. The first-order valence-electron chi connectivity index (χ1n) is 14.4. The van der Waals surface area contributed by atoms with E-state index in [0.717, 1.165) is 30.0 Å². The number of hydrogen-bond donors (Lipinski definition) is 1. The predicted octanol–water partition coefficient (Wildman–Crippen LogP) is 8.84. The number of piperidine rings is 1. The van der Waals surface area contributed by atoms with Crippen LogP contribution in [-0.4, -0.2) is 28.3 Å². The molecule has 3 aromatic rings. The van der Waals surface area contributed by atoms with E-state index in [-0.39, 0.29) is 12.5 Å². The second kappa shape index (κ2) is 14.5. The Balaban J connectivity index is 0.00000207. The van der Waals surface area contributed by atoms with Crippen LogP contribution < -0.4 is 9.64 Å². The summed E-state index contributed by atoms with van der Waals surface area (Å²) in [6.07, 6.45) is 7.85. The molecule has 0 radical (unpaired) electrons. The summed E-state index contributed by atoms with van der Waals surface area (Å²) in [7, 11) is 0. The van der Waals surface area contributed by atoms with Crippen molar-refractivity contribution in [2.75, 3.05) is 18.0 Å². The number of anilines is 1. The first-order valence-corrected chi connectivity index (χ1v) is 15.5. The van der Waals surface area contributed by atoms with Gasteiger partial charge in [-0.1, -0.05) is 72.5 Å². The van der Waals surface area contributed by atoms with Crippen molar-refractivity contribution in [1.82, 2.24) is 10.1 Å². The summed E-state index contributed by atoms with van der Waals surface area (Å²) in [5, 5.41) is 26.3. The summed E-state index contributed by atoms with van der Waals surface area (Å²) >= 11 is 19.7. The van der Waals surface area contributed by atoms with Crippen LogP contribution in [0.1, 0.15) is 80.5 Å². The molecule has 7 nitrogen and oxygen atoms in total. The van der Waals surface area contributed by atoms with Crippen molar-refractivity contribution in [2.45, 2.75) is 64.6 Å². The van der Waals surface area contributed by atoms with E-state index in [2.05, 4.69) is 27.7 Å². The van der Waals surface area contributed by atoms with Gasteiger partial charge in [-0.05, 0) is 62.9 Å². The first kappa shape index (κ1) is 32.6. The predicted molar refractivity (Wildman–Crippen MR) is 172 cm³/mol. The highest BCUT2D eigenvalue weighted by atomic mass is 35.5. The van der Waals surface area contributed by atoms with E-state index in [4.69, 9.17) is 44.1 Å². The number of nitrogens with zero attached hydrogens (tertiary/aromatic N) is 4. The van der Waals surface area contributed by atoms with Gasteiger partial charge in [0, 0.05) is 41.4 Å². The van der Waals surface area contributed by atoms with Crippen molar-refractivity contribution >= 4 is 46.2 Å². The lowest BCUT2D eigenvalue weighted by Crippen LogP contribution is -2.43. The van der Waals surface area contributed by atoms with Crippen molar-refractivity contribution in [3.05, 3.63) is 98.5 Å². The molecular weight excluding hydrogens is 607 g/mol. The fourth-order valence-electron chi connectivity index (χ4n) is 5.07. The van der Waals surface area contributed by atoms with Crippen LogP contribution in [0.25, 0.3) is 5.57 Å². The average Bonchev–Trinajstić information content (AvgIpc) is 3.81. The number of allylic oxidation sites excluding steroid dienone is 5. The van der Waals surface area contributed by atoms with E-state index in [1.54, 1.807) is 36.5 Å². The average molecular weight is 642 g/mol. The van der Waals surface area contributed by atoms with Crippen LogP contribution >= 0.6 is 34.8 Å². The van der Waals surface area contributed by atoms with E-state index < -0.39 is 5.60 Å². The molecule has 10 heteroatoms. The molecule has 0 atom stereocenters. The standard InChI is InChI=1S/C31H29Cl3N4O3.C2H6/c1-3-24(32)28(25(33)4-2)29-22(30(41-37-29)20-5-6-20)18-40-21-7-8-23(26(34)16-21)31(39)10-13-38(14-11-31)27-15-19(17-35)9-12-36-27;1-2/h3-4,7-9,12,15-16,20,39H,1,5-6,10-11,13-14,18H2,2H3;1-2H3/b25-4+,28-24-;. The highest BCUT2D eigenvalue weighted by Crippen LogP contribution is 2.45. The Hall–Kier alpha value is -3.28. The SMILES string of the molecule is C=C/C(Cl)=C(\C(Cl)=C/C)c1noc(C2CC2)c1COc1ccc(C2(O)CCN(c3cc(C#N)ccn3)CC2)c(Cl)c1.CC. The summed E-state index contributed by atoms with van der Waals surface area (Å²) in [4.78, 5) is 6.45. The van der Waals surface area contributed by atoms with E-state index in [1.807, 2.05) is 26.8 Å². The number of aliphatic hydroxyl groups is 1. The van der Waals surface area contributed by atoms with Crippen molar-refractivity contribution < 1.29 is 14.4 Å². The van der Waals surface area contributed by atoms with E-state index in [0.29, 0.717) is 69.2 Å². The van der Waals surface area contributed by atoms with Gasteiger partial charge in [0.05, 0.1) is 32.9 Å². The number of pyridine rings is 1. The van der Waals surface area contributed by atoms with E-state index in [1.165, 1.54) is 6.08 Å². The number of rotatable bonds is 9. The van der Waals surface area contributed by atoms with Crippen LogP contribution in [0.3, 0.4) is 0 Å². The summed E-state index contributed by atoms with van der Waals surface area (Å²) < 4.78 is 11.9. The van der Waals surface area contributed by atoms with Gasteiger partial charge in [-0.3, -0.25) is 0 Å². The van der Waals surface area contributed by atoms with Gasteiger partial charge >= 0.3 is 0 Å². The molecule has 1 saturated heterocycles. The molecule has 3 heterocycles. The van der Waals surface area contributed by atoms with Crippen molar-refractivity contribution in [1.29, 1.82) is 5.26 Å². The van der Waals surface area contributed by atoms with Gasteiger partial charge in [-0.2, -0.15) is 5.26 Å². The number of aromatic nitrogens is 2. The molecule has 1 aliphatic carbocycles. The van der Waals surface area contributed by atoms with Gasteiger partial charge in [-0.15, -0.1) is 0 Å². The third kappa shape index (κ3) is 7.27. The smallest absolute Gasteiger partial charge is 0.147 e. The molecule has 1 N–H and O–H groups in total. The maximum atomic E-state index is 11.5. The molecule has 0 spiro atoms. The molecular formula is C33H35Cl3N4O3. The monoisotopic (exact) mass is 640 g/mol. The lowest BCUT2D eigenvalue weighted by molar-refractivity contribution is 0.0117. The lowest BCUT2D eigenvalue weighted by atomic mass is 9.84. The second-order valence-electron chi connectivity index (χ2n) is 10.2. The molecule has 2 fully saturated rings. The normalized spacial score (nSPS) is 16.9. The number of halogens is 3. The van der Waals surface area contributed by atoms with E-state index in [9.17, 15) is 10.4 Å². The molecule has 1 saturated carbocycles. The Kier molecular flexibility index (Phi) is 11.0. The summed E-state index contributed by atoms with van der Waals surface area (Å²) in [6, 6.07) is 10.9. The number of nitriles is 1. The molecule has 1 aliphatic heterocycles. The third-order valence-electron chi connectivity index (χ3n) is 7.53. The quantitative estimate of drug-likeness (QED) is 0.233. The van der Waals surface area contributed by atoms with Gasteiger partial charge in [0.15, 0.2) is 0 Å². The zero-order valence-electron chi connectivity index (χ0n) is 24.5. The second-order valence-corrected chi connectivity index (χ2v) is 11.4. The summed E-state index contributed by atoms with van der Waals surface area (Å²) in [6.45, 7) is 10.9. The Labute approximate surface area is 268 Å². The van der Waals surface area contributed by atoms with Gasteiger partial charge < -0.3 is 19.3 Å². The van der Waals surface area contributed by atoms with E-state index >= 15 is 0 Å². The first-order chi connectivity index (χ1) is 20.8. The molecule has 0 bridgehead atoms. The van der Waals surface area contributed by atoms with Gasteiger partial charge in [0.25, 0.3) is 0 Å². The Morgan fingerprint density at radius 2 is 1.95 bits per heavy atom. The zero-order valence-corrected chi connectivity index (χ0v) is 26.8. The maximum absolute atomic E-state index is 11.5. The number of hydrogen-bond acceptors (Lipinski definition) is 7. The Morgan fingerprint density at radius 1 is 1.23 bits per heavy atom. The minimum Gasteiger partial charge on any atom is -0.489 e. The van der Waals surface area contributed by atoms with Crippen LogP contribution in [-0.2, 0) is 12.2 Å². The fraction of sp³-hybridized carbons (Fsp3) is 0.364. The van der Waals surface area contributed by atoms with Crippen molar-refractivity contribution in [2.24, 2.45) is 0 Å². The number of benzene rings is 1. The molecule has 43 heavy (non-hydrogen) atoms. The summed E-state index contributed by atoms with van der Waals surface area (Å²) in [5.74, 6) is 2.32. The van der Waals surface area contributed by atoms with Crippen LogP contribution in [0.15, 0.2) is 69.8 Å². The molecule has 226 valence electrons. The minimum atomic E-state index is -1.09. The molecule has 5 rings (SSSR count). The van der Waals surface area contributed by atoms with Gasteiger partial charge in [0.2, 0.25) is 0 Å². The maximum Gasteiger partial charge on any atom is 0.147 e. The highest BCUT2D eigenvalue weighted by molar-refractivity contribution is 6.42. The van der Waals surface area contributed by atoms with Gasteiger partial charge in [0.1, 0.15) is 29.6 Å². The lowest BCUT2D eigenvalue weighted by Gasteiger charge is -2.39. The highest BCUT2D eigenvalue weighted by Gasteiger charge is 2.37. The molecule has 0 unspecified atom stereocenters. The van der Waals surface area contributed by atoms with Gasteiger partial charge in [-0.25, -0.2) is 4.98 Å². The van der Waals surface area contributed by atoms with Crippen LogP contribution in [0.5, 0.6) is 5.75 Å². The molecule has 2 aromatic heterocycles. The zero-order chi connectivity index (χ0) is 31.1. The Bertz CT molecular complexity index is 1560.